The Hall–Kier alpha value is -3.39. The highest BCUT2D eigenvalue weighted by Gasteiger charge is 2.29. The zero-order valence-corrected chi connectivity index (χ0v) is 19.0. The molecule has 0 aliphatic heterocycles. The molecule has 1 aliphatic carbocycles. The fraction of sp³-hybridized carbons (Fsp3) is 0.400. The molecule has 2 aromatic carbocycles. The van der Waals surface area contributed by atoms with Crippen LogP contribution in [0.25, 0.3) is 11.1 Å². The molecule has 0 saturated heterocycles. The van der Waals surface area contributed by atoms with E-state index in [1.807, 2.05) is 36.4 Å². The molecule has 2 amide bonds. The van der Waals surface area contributed by atoms with Crippen LogP contribution in [0.15, 0.2) is 48.5 Å². The number of aliphatic carboxylic acids is 1. The topological polar surface area (TPSA) is 114 Å². The Morgan fingerprint density at radius 1 is 1.00 bits per heavy atom. The first kappa shape index (κ1) is 24.3. The van der Waals surface area contributed by atoms with Crippen molar-refractivity contribution in [2.45, 2.75) is 38.3 Å². The van der Waals surface area contributed by atoms with Gasteiger partial charge in [-0.25, -0.2) is 9.59 Å². The van der Waals surface area contributed by atoms with E-state index in [0.29, 0.717) is 0 Å². The third-order valence-corrected chi connectivity index (χ3v) is 5.83. The van der Waals surface area contributed by atoms with Crippen molar-refractivity contribution in [2.75, 3.05) is 20.3 Å². The average Bonchev–Trinajstić information content (AvgIpc) is 3.12. The van der Waals surface area contributed by atoms with E-state index in [0.717, 1.165) is 22.3 Å². The number of amides is 2. The maximum Gasteiger partial charge on any atom is 0.407 e. The number of carbonyl (C=O) groups is 3. The minimum Gasteiger partial charge on any atom is -0.480 e. The Kier molecular flexibility index (Phi) is 8.06. The standard InChI is InChI=1S/C25H30N2O6/c1-15(2)22(24(29)30)27-23(28)21(32-3)12-13-26-25(31)33-14-20-18-10-6-4-8-16(18)17-9-5-7-11-19(17)20/h4-11,15,20-22H,12-14H2,1-3H3,(H,26,31)(H,27,28)(H,29,30)/t21?,22-/m1/s1. The summed E-state index contributed by atoms with van der Waals surface area (Å²) in [5.74, 6) is -1.95. The van der Waals surface area contributed by atoms with Gasteiger partial charge in [0.15, 0.2) is 0 Å². The van der Waals surface area contributed by atoms with Crippen LogP contribution in [-0.4, -0.2) is 55.5 Å². The monoisotopic (exact) mass is 454 g/mol. The zero-order valence-electron chi connectivity index (χ0n) is 19.0. The van der Waals surface area contributed by atoms with Crippen LogP contribution < -0.4 is 10.6 Å². The number of rotatable bonds is 10. The Morgan fingerprint density at radius 3 is 2.09 bits per heavy atom. The second-order valence-corrected chi connectivity index (χ2v) is 8.33. The molecule has 0 radical (unpaired) electrons. The van der Waals surface area contributed by atoms with Crippen LogP contribution >= 0.6 is 0 Å². The first-order chi connectivity index (χ1) is 15.8. The number of hydrogen-bond acceptors (Lipinski definition) is 5. The normalized spacial score (nSPS) is 14.2. The summed E-state index contributed by atoms with van der Waals surface area (Å²) in [6, 6.07) is 15.2. The van der Waals surface area contributed by atoms with Crippen molar-refractivity contribution in [2.24, 2.45) is 5.92 Å². The van der Waals surface area contributed by atoms with Crippen molar-refractivity contribution in [3.05, 3.63) is 59.7 Å². The Balaban J connectivity index is 1.50. The number of benzene rings is 2. The van der Waals surface area contributed by atoms with Gasteiger partial charge in [0.05, 0.1) is 0 Å². The van der Waals surface area contributed by atoms with Gasteiger partial charge in [0.25, 0.3) is 0 Å². The lowest BCUT2D eigenvalue weighted by Gasteiger charge is -2.21. The number of ether oxygens (including phenoxy) is 2. The molecule has 2 atom stereocenters. The number of carboxylic acids is 1. The van der Waals surface area contributed by atoms with Gasteiger partial charge < -0.3 is 25.2 Å². The summed E-state index contributed by atoms with van der Waals surface area (Å²) in [5, 5.41) is 14.4. The number of fused-ring (bicyclic) bond motifs is 3. The highest BCUT2D eigenvalue weighted by molar-refractivity contribution is 5.86. The third-order valence-electron chi connectivity index (χ3n) is 5.83. The Bertz CT molecular complexity index is 960. The molecule has 0 spiro atoms. The number of methoxy groups -OCH3 is 1. The van der Waals surface area contributed by atoms with Crippen molar-refractivity contribution >= 4 is 18.0 Å². The van der Waals surface area contributed by atoms with Gasteiger partial charge in [-0.3, -0.25) is 4.79 Å². The quantitative estimate of drug-likeness (QED) is 0.508. The van der Waals surface area contributed by atoms with Crippen molar-refractivity contribution in [1.82, 2.24) is 10.6 Å². The average molecular weight is 455 g/mol. The molecule has 2 aromatic rings. The van der Waals surface area contributed by atoms with E-state index >= 15 is 0 Å². The lowest BCUT2D eigenvalue weighted by Crippen LogP contribution is -2.49. The predicted molar refractivity (Wildman–Crippen MR) is 123 cm³/mol. The van der Waals surface area contributed by atoms with Gasteiger partial charge in [-0.05, 0) is 28.2 Å². The lowest BCUT2D eigenvalue weighted by atomic mass is 9.98. The first-order valence-electron chi connectivity index (χ1n) is 11.0. The van der Waals surface area contributed by atoms with E-state index in [4.69, 9.17) is 9.47 Å². The molecule has 8 heteroatoms. The third kappa shape index (κ3) is 5.70. The molecule has 33 heavy (non-hydrogen) atoms. The largest absolute Gasteiger partial charge is 0.480 e. The molecule has 8 nitrogen and oxygen atoms in total. The van der Waals surface area contributed by atoms with Gasteiger partial charge in [-0.15, -0.1) is 0 Å². The van der Waals surface area contributed by atoms with Gasteiger partial charge in [0.2, 0.25) is 5.91 Å². The maximum absolute atomic E-state index is 12.4. The van der Waals surface area contributed by atoms with Crippen LogP contribution in [-0.2, 0) is 19.1 Å². The number of carbonyl (C=O) groups excluding carboxylic acids is 2. The van der Waals surface area contributed by atoms with Crippen LogP contribution in [0.1, 0.15) is 37.3 Å². The van der Waals surface area contributed by atoms with Gasteiger partial charge in [0.1, 0.15) is 18.8 Å². The maximum atomic E-state index is 12.4. The fourth-order valence-electron chi connectivity index (χ4n) is 4.07. The smallest absolute Gasteiger partial charge is 0.407 e. The lowest BCUT2D eigenvalue weighted by molar-refractivity contribution is -0.145. The number of carboxylic acid groups (broad SMARTS) is 1. The Labute approximate surface area is 193 Å². The minimum absolute atomic E-state index is 0.0374. The summed E-state index contributed by atoms with van der Waals surface area (Å²) in [6.07, 6.45) is -1.30. The fourth-order valence-corrected chi connectivity index (χ4v) is 4.07. The second kappa shape index (κ2) is 11.0. The van der Waals surface area contributed by atoms with E-state index in [-0.39, 0.29) is 31.4 Å². The molecule has 0 bridgehead atoms. The number of nitrogens with one attached hydrogen (secondary N) is 2. The van der Waals surface area contributed by atoms with Crippen molar-refractivity contribution in [3.8, 4) is 11.1 Å². The zero-order chi connectivity index (χ0) is 24.0. The van der Waals surface area contributed by atoms with E-state index < -0.39 is 30.1 Å². The van der Waals surface area contributed by atoms with Gasteiger partial charge in [0, 0.05) is 26.0 Å². The van der Waals surface area contributed by atoms with E-state index in [2.05, 4.69) is 22.8 Å². The summed E-state index contributed by atoms with van der Waals surface area (Å²) < 4.78 is 10.7. The van der Waals surface area contributed by atoms with Crippen molar-refractivity contribution in [1.29, 1.82) is 0 Å². The molecule has 0 heterocycles. The van der Waals surface area contributed by atoms with E-state index in [1.165, 1.54) is 7.11 Å². The molecule has 0 aromatic heterocycles. The molecule has 3 rings (SSSR count). The van der Waals surface area contributed by atoms with E-state index in [1.54, 1.807) is 13.8 Å². The first-order valence-corrected chi connectivity index (χ1v) is 11.0. The van der Waals surface area contributed by atoms with Crippen LogP contribution in [0.5, 0.6) is 0 Å². The number of alkyl carbamates (subject to hydrolysis) is 1. The number of hydrogen-bond donors (Lipinski definition) is 3. The molecule has 1 aliphatic rings. The highest BCUT2D eigenvalue weighted by atomic mass is 16.5. The van der Waals surface area contributed by atoms with Crippen molar-refractivity contribution < 1.29 is 29.0 Å². The Morgan fingerprint density at radius 2 is 1.58 bits per heavy atom. The predicted octanol–water partition coefficient (Wildman–Crippen LogP) is 3.16. The van der Waals surface area contributed by atoms with Crippen LogP contribution in [0.3, 0.4) is 0 Å². The van der Waals surface area contributed by atoms with Gasteiger partial charge in [-0.1, -0.05) is 62.4 Å². The minimum atomic E-state index is -1.11. The molecule has 0 fully saturated rings. The van der Waals surface area contributed by atoms with Gasteiger partial charge in [-0.2, -0.15) is 0 Å². The summed E-state index contributed by atoms with van der Waals surface area (Å²) in [6.45, 7) is 3.75. The van der Waals surface area contributed by atoms with Crippen LogP contribution in [0.2, 0.25) is 0 Å². The molecular weight excluding hydrogens is 424 g/mol. The molecular formula is C25H30N2O6. The SMILES string of the molecule is COC(CCNC(=O)OCC1c2ccccc2-c2ccccc21)C(=O)N[C@@H](C(=O)O)C(C)C. The summed E-state index contributed by atoms with van der Waals surface area (Å²) >= 11 is 0. The summed E-state index contributed by atoms with van der Waals surface area (Å²) in [4.78, 5) is 35.9. The van der Waals surface area contributed by atoms with Crippen LogP contribution in [0.4, 0.5) is 4.79 Å². The second-order valence-electron chi connectivity index (χ2n) is 8.33. The molecule has 3 N–H and O–H groups in total. The molecule has 0 saturated carbocycles. The summed E-state index contributed by atoms with van der Waals surface area (Å²) in [7, 11) is 1.36. The highest BCUT2D eigenvalue weighted by Crippen LogP contribution is 2.44. The molecule has 1 unspecified atom stereocenters. The van der Waals surface area contributed by atoms with E-state index in [9.17, 15) is 19.5 Å². The molecule has 176 valence electrons. The van der Waals surface area contributed by atoms with Crippen LogP contribution in [0, 0.1) is 5.92 Å². The van der Waals surface area contributed by atoms with Gasteiger partial charge >= 0.3 is 12.1 Å². The van der Waals surface area contributed by atoms with Crippen molar-refractivity contribution in [3.63, 3.8) is 0 Å². The summed E-state index contributed by atoms with van der Waals surface area (Å²) in [5.41, 5.74) is 4.55.